The number of thiocarbonyl (C=S) groups is 1. The third-order valence-electron chi connectivity index (χ3n) is 2.57. The maximum absolute atomic E-state index is 13.2. The Balaban J connectivity index is 2.08. The minimum absolute atomic E-state index is 0.0935. The number of rotatable bonds is 1. The van der Waals surface area contributed by atoms with Gasteiger partial charge >= 0.3 is 0 Å². The lowest BCUT2D eigenvalue weighted by atomic mass is 10.2. The summed E-state index contributed by atoms with van der Waals surface area (Å²) in [5.41, 5.74) is 0.267. The zero-order valence-corrected chi connectivity index (χ0v) is 9.99. The van der Waals surface area contributed by atoms with Gasteiger partial charge in [-0.2, -0.15) is 10.1 Å². The van der Waals surface area contributed by atoms with Crippen LogP contribution in [-0.4, -0.2) is 16.9 Å². The first-order valence-electron chi connectivity index (χ1n) is 5.11. The monoisotopic (exact) mass is 278 g/mol. The van der Waals surface area contributed by atoms with Gasteiger partial charge in [0.1, 0.15) is 5.57 Å². The van der Waals surface area contributed by atoms with Gasteiger partial charge in [0.2, 0.25) is 5.11 Å². The molecule has 0 fully saturated rings. The molecule has 0 atom stereocenters. The van der Waals surface area contributed by atoms with Gasteiger partial charge in [0.05, 0.1) is 11.9 Å². The van der Waals surface area contributed by atoms with Crippen molar-refractivity contribution in [3.05, 3.63) is 41.6 Å². The number of carbonyl (C=O) groups excluding carboxylic acids is 1. The molecule has 8 heteroatoms. The van der Waals surface area contributed by atoms with Gasteiger partial charge in [-0.05, 0) is 24.4 Å². The normalized spacial score (nSPS) is 17.5. The van der Waals surface area contributed by atoms with E-state index >= 15 is 0 Å². The molecule has 94 valence electrons. The minimum Gasteiger partial charge on any atom is -0.268 e. The molecule has 3 rings (SSSR count). The standard InChI is InChI=1S/C11H4F2N4OS/c12-7-2-1-5(3-8(7)13)17-10(18)6-4-14-16-9(6)15-11(17)19/h1-4H. The number of amidine groups is 1. The van der Waals surface area contributed by atoms with Crippen molar-refractivity contribution in [2.45, 2.75) is 0 Å². The van der Waals surface area contributed by atoms with E-state index in [-0.39, 0.29) is 22.2 Å². The highest BCUT2D eigenvalue weighted by Gasteiger charge is 2.34. The Kier molecular flexibility index (Phi) is 2.53. The first-order valence-corrected chi connectivity index (χ1v) is 5.52. The molecule has 0 radical (unpaired) electrons. The molecule has 0 unspecified atom stereocenters. The molecule has 1 aromatic carbocycles. The molecular weight excluding hydrogens is 274 g/mol. The lowest BCUT2D eigenvalue weighted by Crippen LogP contribution is -2.41. The molecule has 2 aliphatic heterocycles. The van der Waals surface area contributed by atoms with Crippen molar-refractivity contribution in [1.29, 1.82) is 0 Å². The van der Waals surface area contributed by atoms with Gasteiger partial charge in [-0.1, -0.05) is 0 Å². The highest BCUT2D eigenvalue weighted by atomic mass is 32.1. The molecule has 0 saturated heterocycles. The lowest BCUT2D eigenvalue weighted by Gasteiger charge is -2.24. The van der Waals surface area contributed by atoms with E-state index in [1.807, 2.05) is 0 Å². The van der Waals surface area contributed by atoms with Crippen LogP contribution in [0.25, 0.3) is 0 Å². The summed E-state index contributed by atoms with van der Waals surface area (Å²) < 4.78 is 26.1. The van der Waals surface area contributed by atoms with Crippen molar-refractivity contribution in [3.8, 4) is 0 Å². The summed E-state index contributed by atoms with van der Waals surface area (Å²) in [6.07, 6.45) is 1.25. The first-order chi connectivity index (χ1) is 9.08. The Morgan fingerprint density at radius 2 is 2.00 bits per heavy atom. The summed E-state index contributed by atoms with van der Waals surface area (Å²) in [6.45, 7) is 0. The second-order valence-corrected chi connectivity index (χ2v) is 4.08. The smallest absolute Gasteiger partial charge is 0.268 e. The summed E-state index contributed by atoms with van der Waals surface area (Å²) in [5, 5.41) is 7.10. The van der Waals surface area contributed by atoms with Crippen LogP contribution in [0.5, 0.6) is 0 Å². The molecule has 0 N–H and O–H groups in total. The Morgan fingerprint density at radius 1 is 1.21 bits per heavy atom. The Morgan fingerprint density at radius 3 is 2.74 bits per heavy atom. The van der Waals surface area contributed by atoms with Crippen LogP contribution in [0.15, 0.2) is 45.2 Å². The van der Waals surface area contributed by atoms with Crippen LogP contribution in [0, 0.1) is 11.6 Å². The van der Waals surface area contributed by atoms with Crippen LogP contribution >= 0.6 is 12.2 Å². The number of amides is 1. The quantitative estimate of drug-likeness (QED) is 0.740. The number of anilines is 1. The van der Waals surface area contributed by atoms with Crippen LogP contribution in [0.3, 0.4) is 0 Å². The zero-order chi connectivity index (χ0) is 13.6. The summed E-state index contributed by atoms with van der Waals surface area (Å²) in [5.74, 6) is -2.47. The topological polar surface area (TPSA) is 57.4 Å². The van der Waals surface area contributed by atoms with E-state index in [4.69, 9.17) is 12.2 Å². The summed E-state index contributed by atoms with van der Waals surface area (Å²) in [4.78, 5) is 17.1. The van der Waals surface area contributed by atoms with Crippen LogP contribution in [0.1, 0.15) is 0 Å². The van der Waals surface area contributed by atoms with Crippen molar-refractivity contribution >= 4 is 34.8 Å². The van der Waals surface area contributed by atoms with E-state index in [0.717, 1.165) is 17.0 Å². The summed E-state index contributed by atoms with van der Waals surface area (Å²) >= 11 is 4.96. The molecule has 19 heavy (non-hydrogen) atoms. The molecule has 0 aromatic heterocycles. The Labute approximate surface area is 111 Å². The molecule has 0 bridgehead atoms. The number of benzene rings is 1. The third-order valence-corrected chi connectivity index (χ3v) is 2.84. The third kappa shape index (κ3) is 1.76. The fourth-order valence-electron chi connectivity index (χ4n) is 1.69. The molecule has 0 aliphatic carbocycles. The van der Waals surface area contributed by atoms with E-state index in [1.165, 1.54) is 12.3 Å². The average molecular weight is 278 g/mol. The van der Waals surface area contributed by atoms with Gasteiger partial charge in [-0.25, -0.2) is 8.78 Å². The Hall–Kier alpha value is -2.35. The summed E-state index contributed by atoms with van der Waals surface area (Å²) in [7, 11) is 0. The van der Waals surface area contributed by atoms with Gasteiger partial charge in [-0.3, -0.25) is 9.69 Å². The predicted molar refractivity (Wildman–Crippen MR) is 66.8 cm³/mol. The van der Waals surface area contributed by atoms with Crippen LogP contribution in [0.2, 0.25) is 0 Å². The van der Waals surface area contributed by atoms with Crippen LogP contribution in [-0.2, 0) is 4.79 Å². The number of nitrogens with zero attached hydrogens (tertiary/aromatic N) is 4. The maximum atomic E-state index is 13.2. The second kappa shape index (κ2) is 4.09. The minimum atomic E-state index is -1.07. The van der Waals surface area contributed by atoms with Crippen molar-refractivity contribution in [3.63, 3.8) is 0 Å². The highest BCUT2D eigenvalue weighted by Crippen LogP contribution is 2.26. The van der Waals surface area contributed by atoms with Gasteiger partial charge in [0.25, 0.3) is 5.91 Å². The SMILES string of the molecule is O=C1C2=CN=NC2=NC(=S)N1c1ccc(F)c(F)c1. The lowest BCUT2D eigenvalue weighted by molar-refractivity contribution is -0.113. The number of aliphatic imine (C=N–C) groups is 1. The first kappa shape index (κ1) is 11.7. The molecule has 2 aliphatic rings. The van der Waals surface area contributed by atoms with Crippen molar-refractivity contribution < 1.29 is 13.6 Å². The highest BCUT2D eigenvalue weighted by molar-refractivity contribution is 7.80. The van der Waals surface area contributed by atoms with Crippen molar-refractivity contribution in [2.24, 2.45) is 15.2 Å². The summed E-state index contributed by atoms with van der Waals surface area (Å²) in [6, 6.07) is 3.04. The van der Waals surface area contributed by atoms with E-state index < -0.39 is 17.5 Å². The largest absolute Gasteiger partial charge is 0.270 e. The zero-order valence-electron chi connectivity index (χ0n) is 9.17. The van der Waals surface area contributed by atoms with E-state index in [1.54, 1.807) is 0 Å². The fraction of sp³-hybridized carbons (Fsp3) is 0. The average Bonchev–Trinajstić information content (AvgIpc) is 2.82. The number of azo groups is 1. The molecular formula is C11H4F2N4OS. The van der Waals surface area contributed by atoms with Crippen molar-refractivity contribution in [1.82, 2.24) is 0 Å². The fourth-order valence-corrected chi connectivity index (χ4v) is 1.96. The number of halogens is 2. The second-order valence-electron chi connectivity index (χ2n) is 3.72. The molecule has 5 nitrogen and oxygen atoms in total. The number of carbonyl (C=O) groups is 1. The number of fused-ring (bicyclic) bond motifs is 1. The van der Waals surface area contributed by atoms with Gasteiger partial charge in [-0.15, -0.1) is 5.11 Å². The number of hydrogen-bond donors (Lipinski definition) is 0. The van der Waals surface area contributed by atoms with Gasteiger partial charge in [0.15, 0.2) is 17.5 Å². The predicted octanol–water partition coefficient (Wildman–Crippen LogP) is 2.34. The molecule has 2 heterocycles. The van der Waals surface area contributed by atoms with E-state index in [0.29, 0.717) is 0 Å². The van der Waals surface area contributed by atoms with E-state index in [9.17, 15) is 13.6 Å². The van der Waals surface area contributed by atoms with Gasteiger partial charge in [0, 0.05) is 6.07 Å². The Bertz CT molecular complexity index is 711. The molecule has 0 spiro atoms. The van der Waals surface area contributed by atoms with E-state index in [2.05, 4.69) is 15.2 Å². The maximum Gasteiger partial charge on any atom is 0.270 e. The number of hydrogen-bond acceptors (Lipinski definition) is 4. The molecule has 1 amide bonds. The van der Waals surface area contributed by atoms with Crippen LogP contribution < -0.4 is 4.90 Å². The molecule has 0 saturated carbocycles. The van der Waals surface area contributed by atoms with Crippen molar-refractivity contribution in [2.75, 3.05) is 4.90 Å². The molecule has 1 aromatic rings. The van der Waals surface area contributed by atoms with Gasteiger partial charge < -0.3 is 0 Å². The van der Waals surface area contributed by atoms with Crippen LogP contribution in [0.4, 0.5) is 14.5 Å².